The molecule has 3 aromatic carbocycles. The Balaban J connectivity index is 1.74. The lowest BCUT2D eigenvalue weighted by Crippen LogP contribution is -2.16. The van der Waals surface area contributed by atoms with Crippen LogP contribution in [0.25, 0.3) is 0 Å². The third-order valence-corrected chi connectivity index (χ3v) is 4.23. The van der Waals surface area contributed by atoms with Crippen LogP contribution in [0.5, 0.6) is 0 Å². The molecule has 0 spiro atoms. The van der Waals surface area contributed by atoms with Crippen LogP contribution in [0, 0.1) is 11.3 Å². The number of benzene rings is 3. The molecule has 2 N–H and O–H groups in total. The van der Waals surface area contributed by atoms with Gasteiger partial charge in [-0.2, -0.15) is 5.26 Å². The zero-order valence-electron chi connectivity index (χ0n) is 15.6. The van der Waals surface area contributed by atoms with E-state index in [-0.39, 0.29) is 17.3 Å². The van der Waals surface area contributed by atoms with Gasteiger partial charge in [-0.1, -0.05) is 18.2 Å². The summed E-state index contributed by atoms with van der Waals surface area (Å²) in [5, 5.41) is 14.6. The van der Waals surface area contributed by atoms with Crippen molar-refractivity contribution in [3.05, 3.63) is 95.1 Å². The van der Waals surface area contributed by atoms with Gasteiger partial charge in [0.15, 0.2) is 5.78 Å². The molecule has 0 saturated heterocycles. The van der Waals surface area contributed by atoms with Crippen LogP contribution in [0.1, 0.15) is 43.6 Å². The van der Waals surface area contributed by atoms with E-state index in [1.165, 1.54) is 13.0 Å². The standard InChI is InChI=1S/C23H17N3O3/c1-15(27)16-9-11-20(12-10-16)25-22(28)17-6-4-7-18(13-17)23(29)26-21-8-3-2-5-19(21)14-24/h2-13H,1H3,(H,25,28)(H,26,29). The van der Waals surface area contributed by atoms with Gasteiger partial charge in [-0.25, -0.2) is 0 Å². The maximum absolute atomic E-state index is 12.5. The molecule has 6 heteroatoms. The fraction of sp³-hybridized carbons (Fsp3) is 0.0435. The van der Waals surface area contributed by atoms with E-state index >= 15 is 0 Å². The molecule has 0 aliphatic rings. The molecule has 3 aromatic rings. The van der Waals surface area contributed by atoms with Crippen LogP contribution < -0.4 is 10.6 Å². The lowest BCUT2D eigenvalue weighted by Gasteiger charge is -2.09. The molecule has 0 radical (unpaired) electrons. The van der Waals surface area contributed by atoms with Crippen LogP contribution in [0.3, 0.4) is 0 Å². The predicted octanol–water partition coefficient (Wildman–Crippen LogP) is 4.27. The predicted molar refractivity (Wildman–Crippen MR) is 110 cm³/mol. The van der Waals surface area contributed by atoms with Gasteiger partial charge >= 0.3 is 0 Å². The minimum atomic E-state index is -0.423. The van der Waals surface area contributed by atoms with Gasteiger partial charge in [0.1, 0.15) is 6.07 Å². The zero-order valence-corrected chi connectivity index (χ0v) is 15.6. The molecular formula is C23H17N3O3. The van der Waals surface area contributed by atoms with Gasteiger partial charge in [-0.15, -0.1) is 0 Å². The van der Waals surface area contributed by atoms with Crippen molar-refractivity contribution in [1.29, 1.82) is 5.26 Å². The van der Waals surface area contributed by atoms with E-state index < -0.39 is 5.91 Å². The van der Waals surface area contributed by atoms with Crippen molar-refractivity contribution in [1.82, 2.24) is 0 Å². The maximum Gasteiger partial charge on any atom is 0.255 e. The van der Waals surface area contributed by atoms with E-state index in [1.807, 2.05) is 6.07 Å². The zero-order chi connectivity index (χ0) is 20.8. The second-order valence-electron chi connectivity index (χ2n) is 6.28. The number of carbonyl (C=O) groups is 3. The lowest BCUT2D eigenvalue weighted by molar-refractivity contribution is 0.101. The van der Waals surface area contributed by atoms with Crippen molar-refractivity contribution in [2.75, 3.05) is 10.6 Å². The van der Waals surface area contributed by atoms with Crippen LogP contribution in [-0.2, 0) is 0 Å². The Morgan fingerprint density at radius 1 is 0.759 bits per heavy atom. The summed E-state index contributed by atoms with van der Waals surface area (Å²) in [5.41, 5.74) is 2.44. The Morgan fingerprint density at radius 2 is 1.38 bits per heavy atom. The van der Waals surface area contributed by atoms with Gasteiger partial charge in [0.25, 0.3) is 11.8 Å². The number of para-hydroxylation sites is 1. The molecule has 0 atom stereocenters. The highest BCUT2D eigenvalue weighted by Crippen LogP contribution is 2.17. The number of rotatable bonds is 5. The van der Waals surface area contributed by atoms with E-state index in [0.29, 0.717) is 28.1 Å². The molecule has 3 rings (SSSR count). The quantitative estimate of drug-likeness (QED) is 0.643. The van der Waals surface area contributed by atoms with Crippen LogP contribution in [-0.4, -0.2) is 17.6 Å². The number of ketones is 1. The van der Waals surface area contributed by atoms with E-state index in [1.54, 1.807) is 66.7 Å². The van der Waals surface area contributed by atoms with Gasteiger partial charge < -0.3 is 10.6 Å². The summed E-state index contributed by atoms with van der Waals surface area (Å²) < 4.78 is 0. The van der Waals surface area contributed by atoms with Gasteiger partial charge in [0.2, 0.25) is 0 Å². The molecule has 0 aromatic heterocycles. The topological polar surface area (TPSA) is 99.1 Å². The van der Waals surface area contributed by atoms with Crippen molar-refractivity contribution in [2.24, 2.45) is 0 Å². The average Bonchev–Trinajstić information content (AvgIpc) is 2.74. The Hall–Kier alpha value is -4.24. The van der Waals surface area contributed by atoms with Gasteiger partial charge in [0, 0.05) is 22.4 Å². The minimum absolute atomic E-state index is 0.0560. The molecule has 0 unspecified atom stereocenters. The van der Waals surface area contributed by atoms with Crippen molar-refractivity contribution >= 4 is 29.0 Å². The highest BCUT2D eigenvalue weighted by molar-refractivity contribution is 6.09. The number of Topliss-reactive ketones (excluding diaryl/α,β-unsaturated/α-hetero) is 1. The molecule has 142 valence electrons. The summed E-state index contributed by atoms with van der Waals surface area (Å²) in [5.74, 6) is -0.861. The molecule has 2 amide bonds. The number of carbonyl (C=O) groups excluding carboxylic acids is 3. The third-order valence-electron chi connectivity index (χ3n) is 4.23. The van der Waals surface area contributed by atoms with Crippen LogP contribution in [0.2, 0.25) is 0 Å². The molecule has 0 aliphatic heterocycles. The molecule has 29 heavy (non-hydrogen) atoms. The molecule has 0 heterocycles. The molecule has 0 saturated carbocycles. The second kappa shape index (κ2) is 8.63. The van der Waals surface area contributed by atoms with E-state index in [9.17, 15) is 14.4 Å². The number of hydrogen-bond donors (Lipinski definition) is 2. The first-order valence-electron chi connectivity index (χ1n) is 8.81. The van der Waals surface area contributed by atoms with Crippen LogP contribution in [0.15, 0.2) is 72.8 Å². The smallest absolute Gasteiger partial charge is 0.255 e. The number of nitrogens with zero attached hydrogens (tertiary/aromatic N) is 1. The van der Waals surface area contributed by atoms with Crippen molar-refractivity contribution in [3.8, 4) is 6.07 Å². The number of anilines is 2. The first-order chi connectivity index (χ1) is 14.0. The Labute approximate surface area is 167 Å². The highest BCUT2D eigenvalue weighted by atomic mass is 16.2. The van der Waals surface area contributed by atoms with E-state index in [4.69, 9.17) is 5.26 Å². The summed E-state index contributed by atoms with van der Waals surface area (Å²) in [4.78, 5) is 36.4. The first-order valence-corrected chi connectivity index (χ1v) is 8.81. The van der Waals surface area contributed by atoms with Gasteiger partial charge in [0.05, 0.1) is 11.3 Å². The summed E-state index contributed by atoms with van der Waals surface area (Å²) in [6, 6.07) is 21.5. The minimum Gasteiger partial charge on any atom is -0.322 e. The van der Waals surface area contributed by atoms with Gasteiger partial charge in [-0.05, 0) is 61.5 Å². The van der Waals surface area contributed by atoms with Gasteiger partial charge in [-0.3, -0.25) is 14.4 Å². The Morgan fingerprint density at radius 3 is 2.00 bits per heavy atom. The van der Waals surface area contributed by atoms with Crippen LogP contribution >= 0.6 is 0 Å². The summed E-state index contributed by atoms with van der Waals surface area (Å²) in [7, 11) is 0. The van der Waals surface area contributed by atoms with E-state index in [0.717, 1.165) is 0 Å². The van der Waals surface area contributed by atoms with Crippen molar-refractivity contribution in [2.45, 2.75) is 6.92 Å². The summed E-state index contributed by atoms with van der Waals surface area (Å²) >= 11 is 0. The lowest BCUT2D eigenvalue weighted by atomic mass is 10.1. The van der Waals surface area contributed by atoms with Crippen molar-refractivity contribution < 1.29 is 14.4 Å². The van der Waals surface area contributed by atoms with Crippen molar-refractivity contribution in [3.63, 3.8) is 0 Å². The maximum atomic E-state index is 12.5. The number of nitrogens with one attached hydrogen (secondary N) is 2. The molecule has 0 bridgehead atoms. The molecular weight excluding hydrogens is 366 g/mol. The second-order valence-corrected chi connectivity index (χ2v) is 6.28. The fourth-order valence-electron chi connectivity index (χ4n) is 2.68. The highest BCUT2D eigenvalue weighted by Gasteiger charge is 2.12. The first kappa shape index (κ1) is 19.5. The largest absolute Gasteiger partial charge is 0.322 e. The Kier molecular flexibility index (Phi) is 5.81. The van der Waals surface area contributed by atoms with Crippen LogP contribution in [0.4, 0.5) is 11.4 Å². The molecule has 0 aliphatic carbocycles. The van der Waals surface area contributed by atoms with E-state index in [2.05, 4.69) is 10.6 Å². The summed E-state index contributed by atoms with van der Waals surface area (Å²) in [6.07, 6.45) is 0. The Bertz CT molecular complexity index is 1130. The monoisotopic (exact) mass is 383 g/mol. The summed E-state index contributed by atoms with van der Waals surface area (Å²) in [6.45, 7) is 1.47. The average molecular weight is 383 g/mol. The number of amides is 2. The number of hydrogen-bond acceptors (Lipinski definition) is 4. The third kappa shape index (κ3) is 4.73. The fourth-order valence-corrected chi connectivity index (χ4v) is 2.68. The normalized spacial score (nSPS) is 9.93. The molecule has 6 nitrogen and oxygen atoms in total. The number of nitriles is 1. The molecule has 0 fully saturated rings. The SMILES string of the molecule is CC(=O)c1ccc(NC(=O)c2cccc(C(=O)Nc3ccccc3C#N)c2)cc1.